The first-order chi connectivity index (χ1) is 10.2. The second-order valence-electron chi connectivity index (χ2n) is 4.54. The van der Waals surface area contributed by atoms with Crippen molar-refractivity contribution in [1.29, 1.82) is 0 Å². The van der Waals surface area contributed by atoms with E-state index in [9.17, 15) is 4.79 Å². The van der Waals surface area contributed by atoms with Gasteiger partial charge in [0, 0.05) is 15.9 Å². The minimum atomic E-state index is -0.309. The summed E-state index contributed by atoms with van der Waals surface area (Å²) in [5, 5.41) is 0. The lowest BCUT2D eigenvalue weighted by Crippen LogP contribution is -2.00. The second-order valence-corrected chi connectivity index (χ2v) is 5.66. The van der Waals surface area contributed by atoms with E-state index in [0.717, 1.165) is 15.4 Å². The Bertz CT molecular complexity index is 615. The lowest BCUT2D eigenvalue weighted by Gasteiger charge is -2.08. The molecular weight excluding hydrogens is 280 g/mol. The maximum absolute atomic E-state index is 11.8. The van der Waals surface area contributed by atoms with Crippen LogP contribution in [0.4, 0.5) is 0 Å². The van der Waals surface area contributed by atoms with E-state index in [4.69, 9.17) is 4.74 Å². The van der Waals surface area contributed by atoms with Crippen LogP contribution < -0.4 is 0 Å². The zero-order valence-electron chi connectivity index (χ0n) is 12.2. The molecule has 0 heterocycles. The average Bonchev–Trinajstić information content (AvgIpc) is 2.50. The van der Waals surface area contributed by atoms with Crippen LogP contribution in [-0.4, -0.2) is 12.6 Å². The number of esters is 1. The lowest BCUT2D eigenvalue weighted by molar-refractivity contribution is -0.137. The molecule has 108 valence electrons. The van der Waals surface area contributed by atoms with Crippen molar-refractivity contribution >= 4 is 22.6 Å². The molecule has 0 bridgehead atoms. The van der Waals surface area contributed by atoms with Crippen LogP contribution in [0.1, 0.15) is 18.1 Å². The largest absolute Gasteiger partial charge is 0.463 e. The first-order valence-electron chi connectivity index (χ1n) is 6.87. The van der Waals surface area contributed by atoms with Crippen molar-refractivity contribution in [1.82, 2.24) is 0 Å². The van der Waals surface area contributed by atoms with Crippen LogP contribution in [0.3, 0.4) is 0 Å². The normalized spacial score (nSPS) is 11.2. The molecule has 0 aliphatic carbocycles. The predicted molar refractivity (Wildman–Crippen MR) is 88.1 cm³/mol. The third-order valence-corrected chi connectivity index (χ3v) is 3.92. The fourth-order valence-corrected chi connectivity index (χ4v) is 2.73. The quantitative estimate of drug-likeness (QED) is 0.455. The number of hydrogen-bond acceptors (Lipinski definition) is 3. The zero-order valence-corrected chi connectivity index (χ0v) is 13.0. The Morgan fingerprint density at radius 1 is 1.10 bits per heavy atom. The Labute approximate surface area is 129 Å². The van der Waals surface area contributed by atoms with Gasteiger partial charge in [-0.05, 0) is 31.5 Å². The third-order valence-electron chi connectivity index (χ3n) is 2.84. The Balaban J connectivity index is 2.28. The minimum Gasteiger partial charge on any atom is -0.463 e. The van der Waals surface area contributed by atoms with E-state index in [1.807, 2.05) is 30.3 Å². The van der Waals surface area contributed by atoms with Gasteiger partial charge >= 0.3 is 5.97 Å². The number of benzene rings is 2. The fourth-order valence-electron chi connectivity index (χ4n) is 1.80. The van der Waals surface area contributed by atoms with Crippen molar-refractivity contribution in [3.8, 4) is 0 Å². The minimum absolute atomic E-state index is 0.309. The van der Waals surface area contributed by atoms with Crippen LogP contribution in [0.15, 0.2) is 65.6 Å². The van der Waals surface area contributed by atoms with Gasteiger partial charge in [-0.15, -0.1) is 0 Å². The Kier molecular flexibility index (Phi) is 5.64. The van der Waals surface area contributed by atoms with Crippen molar-refractivity contribution in [2.24, 2.45) is 0 Å². The van der Waals surface area contributed by atoms with Crippen LogP contribution in [-0.2, 0) is 9.53 Å². The highest BCUT2D eigenvalue weighted by atomic mass is 32.2. The van der Waals surface area contributed by atoms with E-state index in [1.54, 1.807) is 24.8 Å². The number of hydrogen-bond donors (Lipinski definition) is 0. The SMILES string of the molecule is CCOC(=O)/C=C(\Sc1ccc(C)cc1)c1ccccc1. The molecule has 2 nitrogen and oxygen atoms in total. The van der Waals surface area contributed by atoms with Gasteiger partial charge in [0.25, 0.3) is 0 Å². The molecule has 0 aliphatic heterocycles. The maximum atomic E-state index is 11.8. The van der Waals surface area contributed by atoms with Gasteiger partial charge in [-0.25, -0.2) is 4.79 Å². The van der Waals surface area contributed by atoms with E-state index in [2.05, 4.69) is 31.2 Å². The highest BCUT2D eigenvalue weighted by Crippen LogP contribution is 2.34. The molecule has 0 atom stereocenters. The standard InChI is InChI=1S/C18H18O2S/c1-3-20-18(19)13-17(15-7-5-4-6-8-15)21-16-11-9-14(2)10-12-16/h4-13H,3H2,1-2H3/b17-13-. The van der Waals surface area contributed by atoms with E-state index in [1.165, 1.54) is 5.56 Å². The lowest BCUT2D eigenvalue weighted by atomic mass is 10.2. The number of rotatable bonds is 5. The van der Waals surface area contributed by atoms with Gasteiger partial charge in [-0.2, -0.15) is 0 Å². The molecule has 2 aromatic carbocycles. The summed E-state index contributed by atoms with van der Waals surface area (Å²) in [6.45, 7) is 4.24. The molecule has 0 saturated heterocycles. The molecule has 2 aromatic rings. The molecule has 0 saturated carbocycles. The monoisotopic (exact) mass is 298 g/mol. The van der Waals surface area contributed by atoms with Crippen LogP contribution in [0.5, 0.6) is 0 Å². The van der Waals surface area contributed by atoms with Gasteiger partial charge in [0.05, 0.1) is 6.61 Å². The molecule has 0 fully saturated rings. The van der Waals surface area contributed by atoms with Gasteiger partial charge < -0.3 is 4.74 Å². The van der Waals surface area contributed by atoms with Crippen molar-refractivity contribution < 1.29 is 9.53 Å². The van der Waals surface area contributed by atoms with Crippen LogP contribution in [0.2, 0.25) is 0 Å². The summed E-state index contributed by atoms with van der Waals surface area (Å²) >= 11 is 1.56. The molecule has 0 N–H and O–H groups in total. The molecule has 2 rings (SSSR count). The Hall–Kier alpha value is -2.00. The number of carbonyl (C=O) groups is 1. The summed E-state index contributed by atoms with van der Waals surface area (Å²) in [7, 11) is 0. The number of thioether (sulfide) groups is 1. The second kappa shape index (κ2) is 7.70. The highest BCUT2D eigenvalue weighted by Gasteiger charge is 2.07. The third kappa shape index (κ3) is 4.80. The van der Waals surface area contributed by atoms with Gasteiger partial charge in [0.2, 0.25) is 0 Å². The van der Waals surface area contributed by atoms with Crippen molar-refractivity contribution in [2.45, 2.75) is 18.7 Å². The zero-order chi connectivity index (χ0) is 15.1. The Morgan fingerprint density at radius 2 is 1.76 bits per heavy atom. The van der Waals surface area contributed by atoms with E-state index < -0.39 is 0 Å². The maximum Gasteiger partial charge on any atom is 0.331 e. The summed E-state index contributed by atoms with van der Waals surface area (Å²) in [6, 6.07) is 18.1. The number of carbonyl (C=O) groups excluding carboxylic acids is 1. The highest BCUT2D eigenvalue weighted by molar-refractivity contribution is 8.08. The van der Waals surface area contributed by atoms with Gasteiger partial charge in [0.1, 0.15) is 0 Å². The van der Waals surface area contributed by atoms with Gasteiger partial charge in [0.15, 0.2) is 0 Å². The van der Waals surface area contributed by atoms with Gasteiger partial charge in [-0.3, -0.25) is 0 Å². The van der Waals surface area contributed by atoms with E-state index in [0.29, 0.717) is 6.61 Å². The van der Waals surface area contributed by atoms with Gasteiger partial charge in [-0.1, -0.05) is 59.8 Å². The molecule has 3 heteroatoms. The molecule has 0 amide bonds. The van der Waals surface area contributed by atoms with E-state index >= 15 is 0 Å². The molecule has 0 aromatic heterocycles. The summed E-state index contributed by atoms with van der Waals surface area (Å²) in [5.41, 5.74) is 2.23. The molecule has 21 heavy (non-hydrogen) atoms. The van der Waals surface area contributed by atoms with E-state index in [-0.39, 0.29) is 5.97 Å². The van der Waals surface area contributed by atoms with Crippen LogP contribution >= 0.6 is 11.8 Å². The summed E-state index contributed by atoms with van der Waals surface area (Å²) < 4.78 is 5.02. The summed E-state index contributed by atoms with van der Waals surface area (Å²) in [6.07, 6.45) is 1.56. The van der Waals surface area contributed by atoms with Crippen molar-refractivity contribution in [2.75, 3.05) is 6.61 Å². The first-order valence-corrected chi connectivity index (χ1v) is 7.69. The summed E-state index contributed by atoms with van der Waals surface area (Å²) in [5.74, 6) is -0.309. The number of aryl methyl sites for hydroxylation is 1. The first kappa shape index (κ1) is 15.4. The molecule has 0 aliphatic rings. The smallest absolute Gasteiger partial charge is 0.331 e. The van der Waals surface area contributed by atoms with Crippen LogP contribution in [0.25, 0.3) is 4.91 Å². The summed E-state index contributed by atoms with van der Waals surface area (Å²) in [4.78, 5) is 13.7. The predicted octanol–water partition coefficient (Wildman–Crippen LogP) is 4.69. The molecule has 0 radical (unpaired) electrons. The molecular formula is C18H18O2S. The molecule has 0 unspecified atom stereocenters. The van der Waals surface area contributed by atoms with Crippen molar-refractivity contribution in [3.63, 3.8) is 0 Å². The Morgan fingerprint density at radius 3 is 2.38 bits per heavy atom. The average molecular weight is 298 g/mol. The fraction of sp³-hybridized carbons (Fsp3) is 0.167. The molecule has 0 spiro atoms. The topological polar surface area (TPSA) is 26.3 Å². The number of ether oxygens (including phenoxy) is 1. The van der Waals surface area contributed by atoms with Crippen LogP contribution in [0, 0.1) is 6.92 Å². The van der Waals surface area contributed by atoms with Crippen molar-refractivity contribution in [3.05, 3.63) is 71.8 Å².